The number of nitrogens with zero attached hydrogens (tertiary/aromatic N) is 2. The molecule has 1 heterocycles. The van der Waals surface area contributed by atoms with Crippen molar-refractivity contribution in [3.05, 3.63) is 58.1 Å². The molecular weight excluding hydrogens is 489 g/mol. The maximum Gasteiger partial charge on any atom is 0.573 e. The van der Waals surface area contributed by atoms with Crippen molar-refractivity contribution in [3.8, 4) is 17.0 Å². The average molecular weight is 511 g/mol. The highest BCUT2D eigenvalue weighted by atomic mass is 79.9. The van der Waals surface area contributed by atoms with E-state index in [1.165, 1.54) is 18.2 Å². The molecular formula is C22H22BrF3N4O2. The van der Waals surface area contributed by atoms with Crippen molar-refractivity contribution in [1.82, 2.24) is 9.97 Å². The molecule has 0 aliphatic rings. The third-order valence-corrected chi connectivity index (χ3v) is 4.95. The van der Waals surface area contributed by atoms with E-state index >= 15 is 0 Å². The minimum atomic E-state index is -4.79. The topological polar surface area (TPSA) is 79.3 Å². The van der Waals surface area contributed by atoms with Crippen molar-refractivity contribution < 1.29 is 23.0 Å². The quantitative estimate of drug-likeness (QED) is 0.364. The van der Waals surface area contributed by atoms with Crippen LogP contribution < -0.4 is 15.4 Å². The summed E-state index contributed by atoms with van der Waals surface area (Å²) in [6, 6.07) is 10.8. The summed E-state index contributed by atoms with van der Waals surface area (Å²) in [7, 11) is 0. The number of aliphatic hydroxyl groups is 1. The van der Waals surface area contributed by atoms with Crippen LogP contribution in [0.5, 0.6) is 5.75 Å². The second-order valence-corrected chi connectivity index (χ2v) is 8.22. The highest BCUT2D eigenvalue weighted by molar-refractivity contribution is 9.10. The van der Waals surface area contributed by atoms with Gasteiger partial charge in [-0.1, -0.05) is 28.1 Å². The van der Waals surface area contributed by atoms with Gasteiger partial charge < -0.3 is 20.5 Å². The Bertz CT molecular complexity index is 1090. The van der Waals surface area contributed by atoms with E-state index in [0.717, 1.165) is 21.3 Å². The molecule has 0 spiro atoms. The predicted molar refractivity (Wildman–Crippen MR) is 121 cm³/mol. The second-order valence-electron chi connectivity index (χ2n) is 7.31. The van der Waals surface area contributed by atoms with E-state index in [9.17, 15) is 18.3 Å². The Morgan fingerprint density at radius 2 is 1.78 bits per heavy atom. The number of hydrogen-bond acceptors (Lipinski definition) is 6. The maximum atomic E-state index is 12.6. The van der Waals surface area contributed by atoms with E-state index < -0.39 is 6.36 Å². The molecule has 0 aliphatic carbocycles. The molecule has 0 amide bonds. The van der Waals surface area contributed by atoms with E-state index in [2.05, 4.69) is 41.3 Å². The molecule has 0 bridgehead atoms. The van der Waals surface area contributed by atoms with E-state index in [-0.39, 0.29) is 24.3 Å². The minimum Gasteiger partial charge on any atom is -0.406 e. The summed E-state index contributed by atoms with van der Waals surface area (Å²) in [4.78, 5) is 8.87. The van der Waals surface area contributed by atoms with Crippen LogP contribution >= 0.6 is 15.9 Å². The molecule has 0 unspecified atom stereocenters. The van der Waals surface area contributed by atoms with Crippen LogP contribution in [0.2, 0.25) is 0 Å². The molecule has 170 valence electrons. The fourth-order valence-corrected chi connectivity index (χ4v) is 3.76. The minimum absolute atomic E-state index is 0.143. The number of aryl methyl sites for hydroxylation is 2. The van der Waals surface area contributed by atoms with Gasteiger partial charge in [0.2, 0.25) is 5.95 Å². The molecule has 0 aliphatic heterocycles. The van der Waals surface area contributed by atoms with Gasteiger partial charge in [0.1, 0.15) is 11.6 Å². The van der Waals surface area contributed by atoms with Crippen LogP contribution in [0.1, 0.15) is 18.1 Å². The van der Waals surface area contributed by atoms with Crippen molar-refractivity contribution >= 4 is 33.4 Å². The van der Waals surface area contributed by atoms with E-state index in [0.29, 0.717) is 17.1 Å². The summed E-state index contributed by atoms with van der Waals surface area (Å²) in [5.41, 5.74) is 3.62. The normalized spacial score (nSPS) is 12.4. The van der Waals surface area contributed by atoms with Crippen LogP contribution in [-0.4, -0.2) is 34.1 Å². The van der Waals surface area contributed by atoms with Gasteiger partial charge in [0.25, 0.3) is 0 Å². The molecule has 6 nitrogen and oxygen atoms in total. The van der Waals surface area contributed by atoms with Crippen LogP contribution in [0.25, 0.3) is 11.3 Å². The fraction of sp³-hybridized carbons (Fsp3) is 0.273. The first-order chi connectivity index (χ1) is 15.0. The molecule has 0 radical (unpaired) electrons. The fourth-order valence-electron chi connectivity index (χ4n) is 3.08. The Balaban J connectivity index is 2.03. The van der Waals surface area contributed by atoms with Gasteiger partial charge in [-0.3, -0.25) is 0 Å². The number of anilines is 3. The Labute approximate surface area is 192 Å². The first-order valence-electron chi connectivity index (χ1n) is 9.70. The largest absolute Gasteiger partial charge is 0.573 e. The van der Waals surface area contributed by atoms with Crippen molar-refractivity contribution in [2.75, 3.05) is 17.2 Å². The molecule has 0 fully saturated rings. The summed E-state index contributed by atoms with van der Waals surface area (Å²) < 4.78 is 42.9. The van der Waals surface area contributed by atoms with Crippen molar-refractivity contribution in [2.45, 2.75) is 33.2 Å². The molecule has 3 N–H and O–H groups in total. The van der Waals surface area contributed by atoms with Crippen LogP contribution in [0.4, 0.5) is 30.6 Å². The zero-order valence-corrected chi connectivity index (χ0v) is 19.2. The molecule has 3 aromatic rings. The maximum absolute atomic E-state index is 12.6. The molecule has 0 saturated heterocycles. The monoisotopic (exact) mass is 510 g/mol. The van der Waals surface area contributed by atoms with Crippen molar-refractivity contribution in [2.24, 2.45) is 0 Å². The summed E-state index contributed by atoms with van der Waals surface area (Å²) >= 11 is 3.47. The lowest BCUT2D eigenvalue weighted by Gasteiger charge is -2.17. The highest BCUT2D eigenvalue weighted by Crippen LogP contribution is 2.31. The number of hydrogen-bond donors (Lipinski definition) is 3. The zero-order valence-electron chi connectivity index (χ0n) is 17.6. The van der Waals surface area contributed by atoms with Crippen LogP contribution in [0, 0.1) is 13.8 Å². The van der Waals surface area contributed by atoms with Crippen LogP contribution in [0.15, 0.2) is 46.9 Å². The van der Waals surface area contributed by atoms with Gasteiger partial charge >= 0.3 is 6.36 Å². The number of benzene rings is 2. The molecule has 3 rings (SSSR count). The van der Waals surface area contributed by atoms with Gasteiger partial charge in [0.05, 0.1) is 12.3 Å². The first kappa shape index (κ1) is 23.8. The van der Waals surface area contributed by atoms with Gasteiger partial charge in [0.15, 0.2) is 0 Å². The summed E-state index contributed by atoms with van der Waals surface area (Å²) in [6.45, 7) is 5.51. The van der Waals surface area contributed by atoms with Gasteiger partial charge in [-0.2, -0.15) is 4.98 Å². The standard InChI is InChI=1S/C22H22BrF3N4O2/c1-12-7-16(23)8-13(2)20(12)29-19-10-18(28-21(30-19)27-14(3)11-31)15-5-4-6-17(9-15)32-22(24,25)26/h4-10,14,31H,11H2,1-3H3,(H2,27,28,29,30)/t14-/m0/s1. The Kier molecular flexibility index (Phi) is 7.25. The molecule has 1 atom stereocenters. The van der Waals surface area contributed by atoms with Crippen molar-refractivity contribution in [3.63, 3.8) is 0 Å². The van der Waals surface area contributed by atoms with E-state index in [1.54, 1.807) is 19.1 Å². The number of halogens is 4. The van der Waals surface area contributed by atoms with Gasteiger partial charge in [-0.05, 0) is 56.2 Å². The third kappa shape index (κ3) is 6.33. The predicted octanol–water partition coefficient (Wildman–Crippen LogP) is 5.96. The number of aromatic nitrogens is 2. The second kappa shape index (κ2) is 9.74. The Morgan fingerprint density at radius 3 is 2.41 bits per heavy atom. The van der Waals surface area contributed by atoms with Crippen molar-refractivity contribution in [1.29, 1.82) is 0 Å². The Hall–Kier alpha value is -2.85. The smallest absolute Gasteiger partial charge is 0.406 e. The van der Waals surface area contributed by atoms with Gasteiger partial charge in [-0.15, -0.1) is 13.2 Å². The lowest BCUT2D eigenvalue weighted by atomic mass is 10.1. The van der Waals surface area contributed by atoms with Crippen LogP contribution in [0.3, 0.4) is 0 Å². The van der Waals surface area contributed by atoms with E-state index in [1.807, 2.05) is 26.0 Å². The number of rotatable bonds is 7. The van der Waals surface area contributed by atoms with Gasteiger partial charge in [-0.25, -0.2) is 4.98 Å². The molecule has 10 heteroatoms. The van der Waals surface area contributed by atoms with Crippen LogP contribution in [-0.2, 0) is 0 Å². The number of alkyl halides is 3. The Morgan fingerprint density at radius 1 is 1.09 bits per heavy atom. The zero-order chi connectivity index (χ0) is 23.5. The SMILES string of the molecule is Cc1cc(Br)cc(C)c1Nc1cc(-c2cccc(OC(F)(F)F)c2)nc(N[C@@H](C)CO)n1. The van der Waals surface area contributed by atoms with Gasteiger partial charge in [0, 0.05) is 27.8 Å². The summed E-state index contributed by atoms with van der Waals surface area (Å²) in [5.74, 6) is 0.320. The number of ether oxygens (including phenoxy) is 1. The highest BCUT2D eigenvalue weighted by Gasteiger charge is 2.31. The lowest BCUT2D eigenvalue weighted by molar-refractivity contribution is -0.274. The number of aliphatic hydroxyl groups excluding tert-OH is 1. The molecule has 1 aromatic heterocycles. The third-order valence-electron chi connectivity index (χ3n) is 4.49. The average Bonchev–Trinajstić information content (AvgIpc) is 2.69. The number of nitrogens with one attached hydrogen (secondary N) is 2. The molecule has 32 heavy (non-hydrogen) atoms. The molecule has 0 saturated carbocycles. The first-order valence-corrected chi connectivity index (χ1v) is 10.5. The molecule has 2 aromatic carbocycles. The summed E-state index contributed by atoms with van der Waals surface area (Å²) in [5, 5.41) is 15.6. The lowest BCUT2D eigenvalue weighted by Crippen LogP contribution is -2.21. The van der Waals surface area contributed by atoms with E-state index in [4.69, 9.17) is 0 Å². The summed E-state index contributed by atoms with van der Waals surface area (Å²) in [6.07, 6.45) is -4.79.